The van der Waals surface area contributed by atoms with Crippen molar-refractivity contribution in [3.63, 3.8) is 0 Å². The Morgan fingerprint density at radius 1 is 1.31 bits per heavy atom. The van der Waals surface area contributed by atoms with Crippen molar-refractivity contribution in [3.05, 3.63) is 29.8 Å². The number of hydrogen-bond donors (Lipinski definition) is 0. The third-order valence-corrected chi connectivity index (χ3v) is 2.07. The summed E-state index contributed by atoms with van der Waals surface area (Å²) in [6.07, 6.45) is -0.864. The highest BCUT2D eigenvalue weighted by molar-refractivity contribution is 5.98. The van der Waals surface area contributed by atoms with Crippen molar-refractivity contribution in [2.75, 3.05) is 20.8 Å². The summed E-state index contributed by atoms with van der Waals surface area (Å²) in [6, 6.07) is 6.95. The Hall–Kier alpha value is -1.39. The van der Waals surface area contributed by atoms with Crippen molar-refractivity contribution in [1.29, 1.82) is 0 Å². The SMILES string of the molecule is CCOc1cccc(C(=O)C(OC)OC)c1. The predicted octanol–water partition coefficient (Wildman–Crippen LogP) is 1.89. The topological polar surface area (TPSA) is 44.8 Å². The van der Waals surface area contributed by atoms with Gasteiger partial charge in [-0.25, -0.2) is 0 Å². The van der Waals surface area contributed by atoms with Crippen molar-refractivity contribution in [3.8, 4) is 5.75 Å². The van der Waals surface area contributed by atoms with Crippen LogP contribution in [-0.4, -0.2) is 32.9 Å². The normalized spacial score (nSPS) is 10.5. The van der Waals surface area contributed by atoms with Crippen molar-refractivity contribution in [2.45, 2.75) is 13.2 Å². The molecular weight excluding hydrogens is 208 g/mol. The molecule has 0 atom stereocenters. The van der Waals surface area contributed by atoms with E-state index in [-0.39, 0.29) is 5.78 Å². The summed E-state index contributed by atoms with van der Waals surface area (Å²) < 4.78 is 15.1. The molecule has 0 amide bonds. The van der Waals surface area contributed by atoms with E-state index >= 15 is 0 Å². The van der Waals surface area contributed by atoms with E-state index in [1.807, 2.05) is 6.92 Å². The van der Waals surface area contributed by atoms with Gasteiger partial charge in [0.05, 0.1) is 6.61 Å². The number of methoxy groups -OCH3 is 2. The number of ether oxygens (including phenoxy) is 3. The van der Waals surface area contributed by atoms with E-state index in [1.165, 1.54) is 14.2 Å². The van der Waals surface area contributed by atoms with Gasteiger partial charge in [-0.2, -0.15) is 0 Å². The molecular formula is C12H16O4. The molecule has 0 bridgehead atoms. The average Bonchev–Trinajstić information content (AvgIpc) is 2.31. The van der Waals surface area contributed by atoms with Crippen LogP contribution in [0.25, 0.3) is 0 Å². The van der Waals surface area contributed by atoms with Gasteiger partial charge in [0.1, 0.15) is 5.75 Å². The molecule has 0 N–H and O–H groups in total. The molecule has 0 heterocycles. The second-order valence-electron chi connectivity index (χ2n) is 3.13. The van der Waals surface area contributed by atoms with Crippen molar-refractivity contribution in [2.24, 2.45) is 0 Å². The molecule has 16 heavy (non-hydrogen) atoms. The molecule has 4 heteroatoms. The molecule has 1 aromatic carbocycles. The first kappa shape index (κ1) is 12.7. The lowest BCUT2D eigenvalue weighted by molar-refractivity contribution is -0.0742. The maximum absolute atomic E-state index is 11.9. The molecule has 0 unspecified atom stereocenters. The van der Waals surface area contributed by atoms with Crippen molar-refractivity contribution in [1.82, 2.24) is 0 Å². The molecule has 4 nitrogen and oxygen atoms in total. The van der Waals surface area contributed by atoms with E-state index in [1.54, 1.807) is 24.3 Å². The zero-order valence-electron chi connectivity index (χ0n) is 9.73. The number of ketones is 1. The van der Waals surface area contributed by atoms with Gasteiger partial charge in [0, 0.05) is 19.8 Å². The molecule has 0 saturated carbocycles. The van der Waals surface area contributed by atoms with Gasteiger partial charge in [-0.15, -0.1) is 0 Å². The maximum atomic E-state index is 11.9. The monoisotopic (exact) mass is 224 g/mol. The maximum Gasteiger partial charge on any atom is 0.222 e. The van der Waals surface area contributed by atoms with Gasteiger partial charge in [-0.1, -0.05) is 12.1 Å². The van der Waals surface area contributed by atoms with Crippen LogP contribution in [0.2, 0.25) is 0 Å². The third kappa shape index (κ3) is 3.05. The molecule has 0 fully saturated rings. The number of benzene rings is 1. The van der Waals surface area contributed by atoms with Crippen molar-refractivity contribution >= 4 is 5.78 Å². The van der Waals surface area contributed by atoms with Gasteiger partial charge < -0.3 is 14.2 Å². The lowest BCUT2D eigenvalue weighted by Gasteiger charge is -2.12. The number of rotatable bonds is 6. The molecule has 0 saturated heterocycles. The van der Waals surface area contributed by atoms with Crippen LogP contribution in [0.4, 0.5) is 0 Å². The summed E-state index contributed by atoms with van der Waals surface area (Å²) in [5.41, 5.74) is 0.514. The summed E-state index contributed by atoms with van der Waals surface area (Å²) in [4.78, 5) is 11.9. The minimum atomic E-state index is -0.864. The summed E-state index contributed by atoms with van der Waals surface area (Å²) in [5.74, 6) is 0.450. The van der Waals surface area contributed by atoms with Crippen LogP contribution >= 0.6 is 0 Å². The molecule has 0 aliphatic rings. The van der Waals surface area contributed by atoms with Gasteiger partial charge in [0.2, 0.25) is 12.1 Å². The van der Waals surface area contributed by atoms with Gasteiger partial charge >= 0.3 is 0 Å². The van der Waals surface area contributed by atoms with E-state index in [9.17, 15) is 4.79 Å². The second-order valence-corrected chi connectivity index (χ2v) is 3.13. The first-order chi connectivity index (χ1) is 7.72. The molecule has 1 aromatic rings. The Morgan fingerprint density at radius 2 is 2.00 bits per heavy atom. The van der Waals surface area contributed by atoms with Gasteiger partial charge in [0.25, 0.3) is 0 Å². The van der Waals surface area contributed by atoms with Crippen LogP contribution in [0.3, 0.4) is 0 Å². The minimum Gasteiger partial charge on any atom is -0.494 e. The summed E-state index contributed by atoms with van der Waals surface area (Å²) in [7, 11) is 2.86. The fourth-order valence-corrected chi connectivity index (χ4v) is 1.35. The van der Waals surface area contributed by atoms with Crippen LogP contribution in [-0.2, 0) is 9.47 Å². The zero-order chi connectivity index (χ0) is 12.0. The van der Waals surface area contributed by atoms with E-state index in [0.29, 0.717) is 17.9 Å². The molecule has 0 spiro atoms. The second kappa shape index (κ2) is 6.25. The molecule has 0 radical (unpaired) electrons. The largest absolute Gasteiger partial charge is 0.494 e. The van der Waals surface area contributed by atoms with Crippen LogP contribution in [0.5, 0.6) is 5.75 Å². The zero-order valence-corrected chi connectivity index (χ0v) is 9.73. The molecule has 0 aliphatic carbocycles. The quantitative estimate of drug-likeness (QED) is 0.546. The van der Waals surface area contributed by atoms with E-state index in [2.05, 4.69) is 0 Å². The molecule has 0 aliphatic heterocycles. The Labute approximate surface area is 95.1 Å². The summed E-state index contributed by atoms with van der Waals surface area (Å²) >= 11 is 0. The number of hydrogen-bond acceptors (Lipinski definition) is 4. The third-order valence-electron chi connectivity index (χ3n) is 2.07. The summed E-state index contributed by atoms with van der Waals surface area (Å²) in [5, 5.41) is 0. The smallest absolute Gasteiger partial charge is 0.222 e. The Balaban J connectivity index is 2.86. The molecule has 0 aromatic heterocycles. The Bertz CT molecular complexity index is 345. The Kier molecular flexibility index (Phi) is 4.95. The van der Waals surface area contributed by atoms with Crippen LogP contribution < -0.4 is 4.74 Å². The minimum absolute atomic E-state index is 0.216. The highest BCUT2D eigenvalue weighted by atomic mass is 16.7. The first-order valence-electron chi connectivity index (χ1n) is 5.05. The average molecular weight is 224 g/mol. The number of Topliss-reactive ketones (excluding diaryl/α,β-unsaturated/α-hetero) is 1. The lowest BCUT2D eigenvalue weighted by Crippen LogP contribution is -2.24. The Morgan fingerprint density at radius 3 is 2.56 bits per heavy atom. The van der Waals surface area contributed by atoms with Crippen LogP contribution in [0.1, 0.15) is 17.3 Å². The van der Waals surface area contributed by atoms with E-state index in [0.717, 1.165) is 0 Å². The van der Waals surface area contributed by atoms with Gasteiger partial charge in [0.15, 0.2) is 0 Å². The molecule has 1 rings (SSSR count). The fourth-order valence-electron chi connectivity index (χ4n) is 1.35. The van der Waals surface area contributed by atoms with Crippen molar-refractivity contribution < 1.29 is 19.0 Å². The van der Waals surface area contributed by atoms with Gasteiger partial charge in [-0.05, 0) is 19.1 Å². The van der Waals surface area contributed by atoms with Crippen LogP contribution in [0, 0.1) is 0 Å². The number of carbonyl (C=O) groups is 1. The predicted molar refractivity (Wildman–Crippen MR) is 59.7 cm³/mol. The number of carbonyl (C=O) groups excluding carboxylic acids is 1. The first-order valence-corrected chi connectivity index (χ1v) is 5.05. The standard InChI is InChI=1S/C12H16O4/c1-4-16-10-7-5-6-9(8-10)11(13)12(14-2)15-3/h5-8,12H,4H2,1-3H3. The van der Waals surface area contributed by atoms with Gasteiger partial charge in [-0.3, -0.25) is 4.79 Å². The highest BCUT2D eigenvalue weighted by Crippen LogP contribution is 2.15. The fraction of sp³-hybridized carbons (Fsp3) is 0.417. The van der Waals surface area contributed by atoms with Crippen LogP contribution in [0.15, 0.2) is 24.3 Å². The van der Waals surface area contributed by atoms with E-state index < -0.39 is 6.29 Å². The van der Waals surface area contributed by atoms with E-state index in [4.69, 9.17) is 14.2 Å². The lowest BCUT2D eigenvalue weighted by atomic mass is 10.1. The summed E-state index contributed by atoms with van der Waals surface area (Å²) in [6.45, 7) is 2.46. The molecule has 88 valence electrons. The highest BCUT2D eigenvalue weighted by Gasteiger charge is 2.18.